The fourth-order valence-corrected chi connectivity index (χ4v) is 4.83. The lowest BCUT2D eigenvalue weighted by atomic mass is 10.1. The zero-order valence-electron chi connectivity index (χ0n) is 18.3. The van der Waals surface area contributed by atoms with Crippen molar-refractivity contribution in [3.8, 4) is 11.5 Å². The fourth-order valence-electron chi connectivity index (χ4n) is 4.83. The van der Waals surface area contributed by atoms with Crippen LogP contribution < -0.4 is 20.1 Å². The number of carbonyl (C=O) groups excluding carboxylic acids is 3. The first kappa shape index (κ1) is 21.3. The summed E-state index contributed by atoms with van der Waals surface area (Å²) in [5.74, 6) is 0.486. The van der Waals surface area contributed by atoms with E-state index in [0.717, 1.165) is 31.2 Å². The van der Waals surface area contributed by atoms with E-state index in [1.165, 1.54) is 0 Å². The maximum Gasteiger partial charge on any atom is 0.253 e. The Morgan fingerprint density at radius 3 is 2.67 bits per heavy atom. The Labute approximate surface area is 192 Å². The van der Waals surface area contributed by atoms with E-state index < -0.39 is 5.92 Å². The van der Waals surface area contributed by atoms with Gasteiger partial charge in [0, 0.05) is 25.6 Å². The predicted octanol–water partition coefficient (Wildman–Crippen LogP) is 3.07. The van der Waals surface area contributed by atoms with E-state index in [1.54, 1.807) is 24.3 Å². The minimum Gasteiger partial charge on any atom is -0.454 e. The zero-order chi connectivity index (χ0) is 22.8. The highest BCUT2D eigenvalue weighted by atomic mass is 16.7. The summed E-state index contributed by atoms with van der Waals surface area (Å²) in [6.07, 6.45) is 4.54. The summed E-state index contributed by atoms with van der Waals surface area (Å²) in [4.78, 5) is 40.1. The lowest BCUT2D eigenvalue weighted by Gasteiger charge is -2.24. The number of hydrogen-bond acceptors (Lipinski definition) is 5. The number of hydrogen-bond donors (Lipinski definition) is 2. The molecule has 8 nitrogen and oxygen atoms in total. The van der Waals surface area contributed by atoms with Crippen LogP contribution in [0.4, 0.5) is 5.69 Å². The molecule has 2 aliphatic heterocycles. The van der Waals surface area contributed by atoms with Gasteiger partial charge in [-0.05, 0) is 42.7 Å². The molecule has 3 aliphatic rings. The van der Waals surface area contributed by atoms with Crippen molar-refractivity contribution in [1.29, 1.82) is 0 Å². The Hall–Kier alpha value is -3.55. The highest BCUT2D eigenvalue weighted by Crippen LogP contribution is 2.33. The molecular formula is C25H27N3O5. The van der Waals surface area contributed by atoms with E-state index >= 15 is 0 Å². The molecule has 2 heterocycles. The molecule has 0 unspecified atom stereocenters. The van der Waals surface area contributed by atoms with E-state index in [4.69, 9.17) is 9.47 Å². The quantitative estimate of drug-likeness (QED) is 0.707. The van der Waals surface area contributed by atoms with Crippen LogP contribution in [0.5, 0.6) is 11.5 Å². The summed E-state index contributed by atoms with van der Waals surface area (Å²) in [6, 6.07) is 12.7. The summed E-state index contributed by atoms with van der Waals surface area (Å²) >= 11 is 0. The minimum absolute atomic E-state index is 0.0526. The molecule has 3 amide bonds. The molecule has 1 aliphatic carbocycles. The summed E-state index contributed by atoms with van der Waals surface area (Å²) in [5, 5.41) is 5.77. The predicted molar refractivity (Wildman–Crippen MR) is 121 cm³/mol. The van der Waals surface area contributed by atoms with Crippen LogP contribution in [0.15, 0.2) is 42.5 Å². The van der Waals surface area contributed by atoms with Gasteiger partial charge in [-0.25, -0.2) is 0 Å². The average Bonchev–Trinajstić information content (AvgIpc) is 3.58. The lowest BCUT2D eigenvalue weighted by Crippen LogP contribution is -2.35. The average molecular weight is 450 g/mol. The number of rotatable bonds is 6. The van der Waals surface area contributed by atoms with Gasteiger partial charge in [0.1, 0.15) is 0 Å². The third-order valence-corrected chi connectivity index (χ3v) is 6.61. The molecule has 1 atom stereocenters. The van der Waals surface area contributed by atoms with Crippen molar-refractivity contribution in [2.24, 2.45) is 5.92 Å². The number of nitrogens with one attached hydrogen (secondary N) is 2. The molecule has 0 spiro atoms. The van der Waals surface area contributed by atoms with Gasteiger partial charge in [0.05, 0.1) is 17.2 Å². The summed E-state index contributed by atoms with van der Waals surface area (Å²) in [5.41, 5.74) is 1.70. The molecule has 8 heteroatoms. The Bertz CT molecular complexity index is 1080. The number of likely N-dealkylation sites (tertiary alicyclic amines) is 1. The first-order chi connectivity index (χ1) is 16.1. The third-order valence-electron chi connectivity index (χ3n) is 6.61. The molecule has 0 radical (unpaired) electrons. The van der Waals surface area contributed by atoms with Crippen molar-refractivity contribution >= 4 is 23.4 Å². The first-order valence-corrected chi connectivity index (χ1v) is 11.4. The number of para-hydroxylation sites is 1. The van der Waals surface area contributed by atoms with Gasteiger partial charge in [0.15, 0.2) is 11.5 Å². The Morgan fingerprint density at radius 2 is 1.82 bits per heavy atom. The Balaban J connectivity index is 1.21. The SMILES string of the molecule is O=C(NCc1ccc2c(c1)OCO2)c1ccccc1NC(=O)[C@@H]1CC(=O)N(C2CCCC2)C1. The molecule has 5 rings (SSSR count). The number of amides is 3. The molecule has 2 fully saturated rings. The van der Waals surface area contributed by atoms with Gasteiger partial charge in [0.25, 0.3) is 5.91 Å². The van der Waals surface area contributed by atoms with Gasteiger partial charge < -0.3 is 25.0 Å². The molecular weight excluding hydrogens is 422 g/mol. The van der Waals surface area contributed by atoms with Crippen molar-refractivity contribution in [2.75, 3.05) is 18.7 Å². The molecule has 0 bridgehead atoms. The summed E-state index contributed by atoms with van der Waals surface area (Å²) in [6.45, 7) is 0.961. The van der Waals surface area contributed by atoms with Crippen LogP contribution >= 0.6 is 0 Å². The number of anilines is 1. The molecule has 1 saturated carbocycles. The molecule has 1 saturated heterocycles. The number of fused-ring (bicyclic) bond motifs is 1. The van der Waals surface area contributed by atoms with Gasteiger partial charge in [-0.15, -0.1) is 0 Å². The fraction of sp³-hybridized carbons (Fsp3) is 0.400. The lowest BCUT2D eigenvalue weighted by molar-refractivity contribution is -0.129. The highest BCUT2D eigenvalue weighted by molar-refractivity contribution is 6.05. The normalized spacial score (nSPS) is 19.7. The topological polar surface area (TPSA) is 97.0 Å². The van der Waals surface area contributed by atoms with Gasteiger partial charge in [0.2, 0.25) is 18.6 Å². The molecule has 172 valence electrons. The zero-order valence-corrected chi connectivity index (χ0v) is 18.3. The molecule has 2 aromatic rings. The number of benzene rings is 2. The number of nitrogens with zero attached hydrogens (tertiary/aromatic N) is 1. The van der Waals surface area contributed by atoms with E-state index in [0.29, 0.717) is 35.8 Å². The van der Waals surface area contributed by atoms with Crippen molar-refractivity contribution in [3.63, 3.8) is 0 Å². The van der Waals surface area contributed by atoms with E-state index in [9.17, 15) is 14.4 Å². The van der Waals surface area contributed by atoms with Crippen molar-refractivity contribution < 1.29 is 23.9 Å². The van der Waals surface area contributed by atoms with Crippen LogP contribution in [0.25, 0.3) is 0 Å². The second-order valence-electron chi connectivity index (χ2n) is 8.79. The van der Waals surface area contributed by atoms with Crippen LogP contribution in [-0.4, -0.2) is 42.0 Å². The van der Waals surface area contributed by atoms with Crippen LogP contribution in [0.2, 0.25) is 0 Å². The largest absolute Gasteiger partial charge is 0.454 e. The first-order valence-electron chi connectivity index (χ1n) is 11.4. The van der Waals surface area contributed by atoms with Crippen LogP contribution in [0.1, 0.15) is 48.0 Å². The van der Waals surface area contributed by atoms with E-state index in [1.807, 2.05) is 23.1 Å². The monoisotopic (exact) mass is 449 g/mol. The van der Waals surface area contributed by atoms with E-state index in [-0.39, 0.29) is 37.0 Å². The summed E-state index contributed by atoms with van der Waals surface area (Å²) < 4.78 is 10.7. The third kappa shape index (κ3) is 4.51. The molecule has 0 aromatic heterocycles. The smallest absolute Gasteiger partial charge is 0.253 e. The van der Waals surface area contributed by atoms with Gasteiger partial charge >= 0.3 is 0 Å². The maximum absolute atomic E-state index is 12.9. The van der Waals surface area contributed by atoms with Gasteiger partial charge in [-0.3, -0.25) is 14.4 Å². The molecule has 33 heavy (non-hydrogen) atoms. The number of carbonyl (C=O) groups is 3. The van der Waals surface area contributed by atoms with Crippen molar-refractivity contribution in [1.82, 2.24) is 10.2 Å². The minimum atomic E-state index is -0.400. The van der Waals surface area contributed by atoms with Crippen molar-refractivity contribution in [2.45, 2.75) is 44.7 Å². The Kier molecular flexibility index (Phi) is 5.90. The van der Waals surface area contributed by atoms with Crippen LogP contribution in [0, 0.1) is 5.92 Å². The maximum atomic E-state index is 12.9. The van der Waals surface area contributed by atoms with Crippen LogP contribution in [-0.2, 0) is 16.1 Å². The Morgan fingerprint density at radius 1 is 1.03 bits per heavy atom. The standard InChI is InChI=1S/C25H27N3O5/c29-23-12-17(14-28(23)18-5-1-2-6-18)24(30)27-20-8-4-3-7-19(20)25(31)26-13-16-9-10-21-22(11-16)33-15-32-21/h3-4,7-11,17-18H,1-2,5-6,12-15H2,(H,26,31)(H,27,30)/t17-/m1/s1. The molecule has 2 N–H and O–H groups in total. The number of ether oxygens (including phenoxy) is 2. The molecule has 2 aromatic carbocycles. The van der Waals surface area contributed by atoms with Gasteiger partial charge in [-0.1, -0.05) is 31.0 Å². The summed E-state index contributed by atoms with van der Waals surface area (Å²) in [7, 11) is 0. The second kappa shape index (κ2) is 9.13. The highest BCUT2D eigenvalue weighted by Gasteiger charge is 2.38. The van der Waals surface area contributed by atoms with Crippen LogP contribution in [0.3, 0.4) is 0 Å². The van der Waals surface area contributed by atoms with E-state index in [2.05, 4.69) is 10.6 Å². The second-order valence-corrected chi connectivity index (χ2v) is 8.79. The van der Waals surface area contributed by atoms with Crippen molar-refractivity contribution in [3.05, 3.63) is 53.6 Å². The van der Waals surface area contributed by atoms with Gasteiger partial charge in [-0.2, -0.15) is 0 Å².